The average Bonchev–Trinajstić information content (AvgIpc) is 3.38. The van der Waals surface area contributed by atoms with Gasteiger partial charge in [0.15, 0.2) is 0 Å². The molecule has 2 aromatic carbocycles. The van der Waals surface area contributed by atoms with Crippen molar-refractivity contribution in [1.29, 1.82) is 5.26 Å². The van der Waals surface area contributed by atoms with Crippen molar-refractivity contribution in [2.24, 2.45) is 7.05 Å². The molecule has 7 nitrogen and oxygen atoms in total. The maximum absolute atomic E-state index is 15.0. The molecule has 0 radical (unpaired) electrons. The summed E-state index contributed by atoms with van der Waals surface area (Å²) in [6.45, 7) is 0. The number of aryl methyl sites for hydroxylation is 1. The number of carbonyl (C=O) groups is 1. The van der Waals surface area contributed by atoms with Crippen LogP contribution in [-0.2, 0) is 13.2 Å². The summed E-state index contributed by atoms with van der Waals surface area (Å²) < 4.78 is 57.6. The molecule has 0 spiro atoms. The van der Waals surface area contributed by atoms with Crippen LogP contribution in [0.2, 0.25) is 0 Å². The largest absolute Gasteiger partial charge is 0.417 e. The number of halogens is 4. The van der Waals surface area contributed by atoms with Crippen molar-refractivity contribution < 1.29 is 22.4 Å². The van der Waals surface area contributed by atoms with Crippen LogP contribution in [-0.4, -0.2) is 25.7 Å². The van der Waals surface area contributed by atoms with Crippen molar-refractivity contribution in [3.63, 3.8) is 0 Å². The van der Waals surface area contributed by atoms with Crippen LogP contribution in [0.1, 0.15) is 21.5 Å². The number of carbonyl (C=O) groups excluding carboxylic acids is 1. The minimum Gasteiger partial charge on any atom is -0.320 e. The maximum atomic E-state index is 15.0. The van der Waals surface area contributed by atoms with Crippen molar-refractivity contribution in [2.75, 3.05) is 5.32 Å². The van der Waals surface area contributed by atoms with Gasteiger partial charge in [-0.25, -0.2) is 4.39 Å². The monoisotopic (exact) mass is 542 g/mol. The molecule has 3 heterocycles. The fourth-order valence-electron chi connectivity index (χ4n) is 4.10. The minimum atomic E-state index is -4.88. The molecule has 0 bridgehead atoms. The second-order valence-electron chi connectivity index (χ2n) is 8.73. The van der Waals surface area contributed by atoms with Gasteiger partial charge in [0.05, 0.1) is 39.5 Å². The van der Waals surface area contributed by atoms with E-state index >= 15 is 4.39 Å². The van der Waals surface area contributed by atoms with Gasteiger partial charge in [-0.2, -0.15) is 23.5 Å². The van der Waals surface area contributed by atoms with Gasteiger partial charge in [-0.15, -0.1) is 0 Å². The molecule has 5 aromatic rings. The Balaban J connectivity index is 1.59. The highest BCUT2D eigenvalue weighted by Gasteiger charge is 2.36. The first-order valence-corrected chi connectivity index (χ1v) is 11.8. The number of hydrogen-bond donors (Lipinski definition) is 1. The number of amides is 1. The lowest BCUT2D eigenvalue weighted by atomic mass is 9.99. The molecular weight excluding hydrogens is 524 g/mol. The molecule has 1 amide bonds. The number of alkyl halides is 3. The molecule has 198 valence electrons. The van der Waals surface area contributed by atoms with Gasteiger partial charge < -0.3 is 5.32 Å². The molecule has 0 aliphatic carbocycles. The Hall–Kier alpha value is -5.37. The number of nitrogens with one attached hydrogen (secondary N) is 1. The Kier molecular flexibility index (Phi) is 6.83. The first-order chi connectivity index (χ1) is 19.1. The van der Waals surface area contributed by atoms with E-state index in [9.17, 15) is 18.0 Å². The highest BCUT2D eigenvalue weighted by molar-refractivity contribution is 6.07. The summed E-state index contributed by atoms with van der Waals surface area (Å²) in [6.07, 6.45) is -0.520. The summed E-state index contributed by atoms with van der Waals surface area (Å²) in [5.41, 5.74) is 0.117. The van der Waals surface area contributed by atoms with E-state index < -0.39 is 34.6 Å². The fraction of sp³-hybridized carbons (Fsp3) is 0.0690. The van der Waals surface area contributed by atoms with Crippen molar-refractivity contribution in [2.45, 2.75) is 6.18 Å². The van der Waals surface area contributed by atoms with Crippen LogP contribution >= 0.6 is 0 Å². The number of nitrogens with zero attached hydrogens (tertiary/aromatic N) is 5. The van der Waals surface area contributed by atoms with Crippen LogP contribution in [0.15, 0.2) is 85.3 Å². The van der Waals surface area contributed by atoms with Crippen molar-refractivity contribution in [1.82, 2.24) is 19.7 Å². The Labute approximate surface area is 225 Å². The first kappa shape index (κ1) is 26.2. The van der Waals surface area contributed by atoms with Crippen LogP contribution in [0.25, 0.3) is 33.8 Å². The number of benzene rings is 2. The SMILES string of the molecule is Cn1ccc(-c2cc(C(=O)Nc3cc(-c4ccc(C#N)cn4)cnc3-c3ccccc3)c(F)cc2C(F)(F)F)n1. The lowest BCUT2D eigenvalue weighted by Crippen LogP contribution is -2.17. The third-order valence-electron chi connectivity index (χ3n) is 6.02. The fourth-order valence-corrected chi connectivity index (χ4v) is 4.10. The topological polar surface area (TPSA) is 96.5 Å². The molecule has 11 heteroatoms. The van der Waals surface area contributed by atoms with Crippen molar-refractivity contribution in [3.8, 4) is 39.8 Å². The average molecular weight is 542 g/mol. The van der Waals surface area contributed by atoms with Gasteiger partial charge in [-0.1, -0.05) is 30.3 Å². The normalized spacial score (nSPS) is 11.2. The molecule has 0 fully saturated rings. The van der Waals surface area contributed by atoms with Gasteiger partial charge in [0.1, 0.15) is 11.9 Å². The summed E-state index contributed by atoms with van der Waals surface area (Å²) in [7, 11) is 1.53. The van der Waals surface area contributed by atoms with Crippen LogP contribution in [0.4, 0.5) is 23.2 Å². The summed E-state index contributed by atoms with van der Waals surface area (Å²) in [6, 6.07) is 18.1. The highest BCUT2D eigenvalue weighted by atomic mass is 19.4. The quantitative estimate of drug-likeness (QED) is 0.256. The Morgan fingerprint density at radius 3 is 2.35 bits per heavy atom. The van der Waals surface area contributed by atoms with Gasteiger partial charge in [-0.05, 0) is 36.4 Å². The molecule has 0 saturated carbocycles. The van der Waals surface area contributed by atoms with Crippen molar-refractivity contribution >= 4 is 11.6 Å². The number of anilines is 1. The third kappa shape index (κ3) is 5.28. The molecule has 5 rings (SSSR count). The molecule has 0 aliphatic rings. The van der Waals surface area contributed by atoms with Crippen molar-refractivity contribution in [3.05, 3.63) is 108 Å². The molecule has 40 heavy (non-hydrogen) atoms. The predicted molar refractivity (Wildman–Crippen MR) is 139 cm³/mol. The van der Waals surface area contributed by atoms with E-state index in [1.54, 1.807) is 48.5 Å². The Bertz CT molecular complexity index is 1760. The minimum absolute atomic E-state index is 0.0654. The lowest BCUT2D eigenvalue weighted by Gasteiger charge is -2.16. The summed E-state index contributed by atoms with van der Waals surface area (Å²) in [4.78, 5) is 22.1. The van der Waals surface area contributed by atoms with E-state index in [2.05, 4.69) is 20.4 Å². The number of rotatable bonds is 5. The maximum Gasteiger partial charge on any atom is 0.417 e. The summed E-state index contributed by atoms with van der Waals surface area (Å²) in [5, 5.41) is 15.7. The number of aromatic nitrogens is 4. The zero-order valence-corrected chi connectivity index (χ0v) is 20.7. The molecule has 0 atom stereocenters. The summed E-state index contributed by atoms with van der Waals surface area (Å²) in [5.74, 6) is -2.32. The molecular formula is C29H18F4N6O. The van der Waals surface area contributed by atoms with E-state index in [-0.39, 0.29) is 11.4 Å². The van der Waals surface area contributed by atoms with Gasteiger partial charge in [0.25, 0.3) is 5.91 Å². The third-order valence-corrected chi connectivity index (χ3v) is 6.02. The predicted octanol–water partition coefficient (Wildman–Crippen LogP) is 6.49. The molecule has 1 N–H and O–H groups in total. The van der Waals surface area contributed by atoms with Crippen LogP contribution in [0.5, 0.6) is 0 Å². The second kappa shape index (κ2) is 10.4. The van der Waals surface area contributed by atoms with E-state index in [1.165, 1.54) is 36.4 Å². The molecule has 3 aromatic heterocycles. The van der Waals surface area contributed by atoms with E-state index in [0.717, 1.165) is 6.07 Å². The smallest absolute Gasteiger partial charge is 0.320 e. The van der Waals surface area contributed by atoms with Crippen LogP contribution in [0.3, 0.4) is 0 Å². The highest BCUT2D eigenvalue weighted by Crippen LogP contribution is 2.38. The zero-order valence-electron chi connectivity index (χ0n) is 20.7. The molecule has 0 aliphatic heterocycles. The summed E-state index contributed by atoms with van der Waals surface area (Å²) >= 11 is 0. The zero-order chi connectivity index (χ0) is 28.4. The Morgan fingerprint density at radius 2 is 1.73 bits per heavy atom. The number of hydrogen-bond acceptors (Lipinski definition) is 5. The van der Waals surface area contributed by atoms with Gasteiger partial charge in [-0.3, -0.25) is 19.4 Å². The number of nitriles is 1. The standard InChI is InChI=1S/C29H18F4N6O/c1-39-10-9-25(38-39)20-12-21(23(30)13-22(20)29(31,32)33)28(40)37-26-11-19(24-8-7-17(14-34)15-35-24)16-36-27(26)18-5-3-2-4-6-18/h2-13,15-16H,1H3,(H,37,40). The van der Waals surface area contributed by atoms with Gasteiger partial charge in [0.2, 0.25) is 0 Å². The first-order valence-electron chi connectivity index (χ1n) is 11.8. The number of pyridine rings is 2. The van der Waals surface area contributed by atoms with Gasteiger partial charge in [0, 0.05) is 42.3 Å². The molecule has 0 unspecified atom stereocenters. The van der Waals surface area contributed by atoms with E-state index in [0.29, 0.717) is 34.1 Å². The van der Waals surface area contributed by atoms with Crippen LogP contribution in [0, 0.1) is 17.1 Å². The lowest BCUT2D eigenvalue weighted by molar-refractivity contribution is -0.137. The van der Waals surface area contributed by atoms with Crippen LogP contribution < -0.4 is 5.32 Å². The van der Waals surface area contributed by atoms with E-state index in [4.69, 9.17) is 5.26 Å². The molecule has 0 saturated heterocycles. The second-order valence-corrected chi connectivity index (χ2v) is 8.73. The Morgan fingerprint density at radius 1 is 0.950 bits per heavy atom. The van der Waals surface area contributed by atoms with E-state index in [1.807, 2.05) is 6.07 Å². The van der Waals surface area contributed by atoms with Gasteiger partial charge >= 0.3 is 6.18 Å².